The molecule has 0 spiro atoms. The van der Waals surface area contributed by atoms with E-state index in [1.807, 2.05) is 42.6 Å². The monoisotopic (exact) mass is 423 g/mol. The van der Waals surface area contributed by atoms with E-state index in [0.717, 1.165) is 10.6 Å². The van der Waals surface area contributed by atoms with Crippen LogP contribution in [0.5, 0.6) is 0 Å². The lowest BCUT2D eigenvalue weighted by Gasteiger charge is -2.19. The van der Waals surface area contributed by atoms with Crippen LogP contribution < -0.4 is 5.56 Å². The van der Waals surface area contributed by atoms with Crippen LogP contribution in [0, 0.1) is 0 Å². The van der Waals surface area contributed by atoms with Gasteiger partial charge in [0.05, 0.1) is 23.2 Å². The van der Waals surface area contributed by atoms with Gasteiger partial charge >= 0.3 is 0 Å². The van der Waals surface area contributed by atoms with Gasteiger partial charge < -0.3 is 0 Å². The Morgan fingerprint density at radius 3 is 2.69 bits per heavy atom. The third-order valence-electron chi connectivity index (χ3n) is 4.37. The number of aromatic nitrogens is 5. The normalized spacial score (nSPS) is 12.2. The number of benzene rings is 1. The van der Waals surface area contributed by atoms with Gasteiger partial charge in [0.15, 0.2) is 16.3 Å². The average molecular weight is 424 g/mol. The SMILES string of the molecule is C[C@@H](c1ccccc1)n1c(SCC(=O)Cc2nccs2)nc2nccnc2c1=O. The fourth-order valence-electron chi connectivity index (χ4n) is 2.94. The summed E-state index contributed by atoms with van der Waals surface area (Å²) in [5.74, 6) is 0.219. The highest BCUT2D eigenvalue weighted by Crippen LogP contribution is 2.24. The number of carbonyl (C=O) groups excluding carboxylic acids is 1. The number of carbonyl (C=O) groups is 1. The van der Waals surface area contributed by atoms with Gasteiger partial charge in [-0.1, -0.05) is 42.1 Å². The van der Waals surface area contributed by atoms with E-state index in [1.165, 1.54) is 35.5 Å². The molecule has 7 nitrogen and oxygen atoms in total. The van der Waals surface area contributed by atoms with Crippen LogP contribution in [-0.4, -0.2) is 36.0 Å². The molecule has 0 unspecified atom stereocenters. The van der Waals surface area contributed by atoms with Gasteiger partial charge in [-0.25, -0.2) is 19.9 Å². The van der Waals surface area contributed by atoms with E-state index in [9.17, 15) is 9.59 Å². The molecule has 4 aromatic rings. The number of hydrogen-bond donors (Lipinski definition) is 0. The molecule has 0 saturated carbocycles. The summed E-state index contributed by atoms with van der Waals surface area (Å²) in [7, 11) is 0. The number of thiazole rings is 1. The summed E-state index contributed by atoms with van der Waals surface area (Å²) in [5, 5.41) is 3.08. The minimum absolute atomic E-state index is 0.0253. The fourth-order valence-corrected chi connectivity index (χ4v) is 4.51. The molecule has 3 aromatic heterocycles. The maximum atomic E-state index is 13.2. The van der Waals surface area contributed by atoms with Gasteiger partial charge in [-0.15, -0.1) is 11.3 Å². The molecule has 0 aliphatic heterocycles. The van der Waals surface area contributed by atoms with Crippen molar-refractivity contribution in [1.29, 1.82) is 0 Å². The molecule has 0 bridgehead atoms. The molecule has 1 atom stereocenters. The highest BCUT2D eigenvalue weighted by atomic mass is 32.2. The van der Waals surface area contributed by atoms with E-state index in [1.54, 1.807) is 10.8 Å². The minimum Gasteiger partial charge on any atom is -0.298 e. The number of hydrogen-bond acceptors (Lipinski definition) is 8. The molecule has 0 saturated heterocycles. The zero-order valence-corrected chi connectivity index (χ0v) is 17.2. The van der Waals surface area contributed by atoms with Crippen molar-refractivity contribution in [3.05, 3.63) is 75.2 Å². The van der Waals surface area contributed by atoms with E-state index >= 15 is 0 Å². The average Bonchev–Trinajstić information content (AvgIpc) is 3.25. The molecule has 1 aromatic carbocycles. The lowest BCUT2D eigenvalue weighted by atomic mass is 10.1. The highest BCUT2D eigenvalue weighted by molar-refractivity contribution is 7.99. The van der Waals surface area contributed by atoms with Crippen molar-refractivity contribution in [3.63, 3.8) is 0 Å². The van der Waals surface area contributed by atoms with Crippen LogP contribution >= 0.6 is 23.1 Å². The van der Waals surface area contributed by atoms with Gasteiger partial charge in [-0.3, -0.25) is 14.2 Å². The van der Waals surface area contributed by atoms with Gasteiger partial charge in [-0.05, 0) is 12.5 Å². The predicted molar refractivity (Wildman–Crippen MR) is 113 cm³/mol. The number of fused-ring (bicyclic) bond motifs is 1. The van der Waals surface area contributed by atoms with Gasteiger partial charge in [0.1, 0.15) is 5.78 Å². The maximum absolute atomic E-state index is 13.2. The van der Waals surface area contributed by atoms with Crippen LogP contribution in [0.2, 0.25) is 0 Å². The number of Topliss-reactive ketones (excluding diaryl/α,β-unsaturated/α-hetero) is 1. The second-order valence-electron chi connectivity index (χ2n) is 6.31. The number of thioether (sulfide) groups is 1. The Balaban J connectivity index is 1.69. The molecular weight excluding hydrogens is 406 g/mol. The molecule has 0 aliphatic carbocycles. The van der Waals surface area contributed by atoms with E-state index < -0.39 is 0 Å². The van der Waals surface area contributed by atoms with Crippen LogP contribution in [0.15, 0.2) is 64.3 Å². The van der Waals surface area contributed by atoms with Crippen molar-refractivity contribution < 1.29 is 4.79 Å². The van der Waals surface area contributed by atoms with Gasteiger partial charge in [0.25, 0.3) is 5.56 Å². The van der Waals surface area contributed by atoms with Gasteiger partial charge in [0, 0.05) is 24.0 Å². The first-order valence-electron chi connectivity index (χ1n) is 8.94. The van der Waals surface area contributed by atoms with Crippen LogP contribution in [0.1, 0.15) is 23.5 Å². The Labute approximate surface area is 174 Å². The van der Waals surface area contributed by atoms with E-state index in [0.29, 0.717) is 5.16 Å². The van der Waals surface area contributed by atoms with E-state index in [2.05, 4.69) is 19.9 Å². The second kappa shape index (κ2) is 8.62. The summed E-state index contributed by atoms with van der Waals surface area (Å²) in [4.78, 5) is 42.6. The van der Waals surface area contributed by atoms with Crippen molar-refractivity contribution in [1.82, 2.24) is 24.5 Å². The Morgan fingerprint density at radius 1 is 1.14 bits per heavy atom. The van der Waals surface area contributed by atoms with Crippen molar-refractivity contribution in [3.8, 4) is 0 Å². The van der Waals surface area contributed by atoms with Crippen LogP contribution in [0.3, 0.4) is 0 Å². The predicted octanol–water partition coefficient (Wildman–Crippen LogP) is 3.16. The molecule has 29 heavy (non-hydrogen) atoms. The summed E-state index contributed by atoms with van der Waals surface area (Å²) in [6.07, 6.45) is 4.94. The smallest absolute Gasteiger partial charge is 0.282 e. The number of rotatable bonds is 7. The molecule has 0 aliphatic rings. The molecule has 4 rings (SSSR count). The third-order valence-corrected chi connectivity index (χ3v) is 6.16. The molecule has 3 heterocycles. The fraction of sp³-hybridized carbons (Fsp3) is 0.200. The zero-order chi connectivity index (χ0) is 20.2. The lowest BCUT2D eigenvalue weighted by Crippen LogP contribution is -2.28. The van der Waals surface area contributed by atoms with Gasteiger partial charge in [0.2, 0.25) is 0 Å². The molecule has 0 fully saturated rings. The van der Waals surface area contributed by atoms with Gasteiger partial charge in [-0.2, -0.15) is 0 Å². The summed E-state index contributed by atoms with van der Waals surface area (Å²) in [6, 6.07) is 9.43. The molecule has 146 valence electrons. The Kier molecular flexibility index (Phi) is 5.77. The lowest BCUT2D eigenvalue weighted by molar-refractivity contribution is -0.116. The summed E-state index contributed by atoms with van der Waals surface area (Å²) < 4.78 is 1.59. The first kappa shape index (κ1) is 19.4. The summed E-state index contributed by atoms with van der Waals surface area (Å²) in [6.45, 7) is 1.93. The Hall–Kier alpha value is -2.91. The van der Waals surface area contributed by atoms with Crippen LogP contribution in [0.25, 0.3) is 11.2 Å². The molecule has 0 amide bonds. The van der Waals surface area contributed by atoms with Crippen LogP contribution in [0.4, 0.5) is 0 Å². The number of nitrogens with zero attached hydrogens (tertiary/aromatic N) is 5. The topological polar surface area (TPSA) is 90.6 Å². The number of ketones is 1. The maximum Gasteiger partial charge on any atom is 0.282 e. The largest absolute Gasteiger partial charge is 0.298 e. The standard InChI is InChI=1S/C20H17N5O2S2/c1-13(14-5-3-2-4-6-14)25-19(27)17-18(23-8-7-22-17)24-20(25)29-12-15(26)11-16-21-9-10-28-16/h2-10,13H,11-12H2,1H3/t13-/m0/s1. The molecule has 0 N–H and O–H groups in total. The summed E-state index contributed by atoms with van der Waals surface area (Å²) >= 11 is 2.69. The Morgan fingerprint density at radius 2 is 1.93 bits per heavy atom. The van der Waals surface area contributed by atoms with Crippen LogP contribution in [-0.2, 0) is 11.2 Å². The second-order valence-corrected chi connectivity index (χ2v) is 8.24. The highest BCUT2D eigenvalue weighted by Gasteiger charge is 2.20. The van der Waals surface area contributed by atoms with Crippen molar-refractivity contribution in [2.75, 3.05) is 5.75 Å². The van der Waals surface area contributed by atoms with Crippen molar-refractivity contribution in [2.24, 2.45) is 0 Å². The zero-order valence-electron chi connectivity index (χ0n) is 15.6. The first-order valence-corrected chi connectivity index (χ1v) is 10.8. The van der Waals surface area contributed by atoms with E-state index in [-0.39, 0.29) is 40.7 Å². The minimum atomic E-state index is -0.269. The quantitative estimate of drug-likeness (QED) is 0.333. The summed E-state index contributed by atoms with van der Waals surface area (Å²) in [5.41, 5.74) is 1.20. The molecule has 9 heteroatoms. The van der Waals surface area contributed by atoms with Crippen molar-refractivity contribution in [2.45, 2.75) is 24.5 Å². The third kappa shape index (κ3) is 4.25. The Bertz CT molecular complexity index is 1190. The molecule has 0 radical (unpaired) electrons. The first-order chi connectivity index (χ1) is 14.1. The molecular formula is C20H17N5O2S2. The van der Waals surface area contributed by atoms with Crippen molar-refractivity contribution >= 4 is 40.0 Å². The van der Waals surface area contributed by atoms with E-state index in [4.69, 9.17) is 0 Å².